The van der Waals surface area contributed by atoms with Crippen LogP contribution in [0, 0.1) is 0 Å². The minimum absolute atomic E-state index is 0.000556. The summed E-state index contributed by atoms with van der Waals surface area (Å²) in [4.78, 5) is 14.1. The fourth-order valence-corrected chi connectivity index (χ4v) is 2.92. The summed E-state index contributed by atoms with van der Waals surface area (Å²) in [6, 6.07) is 0.411. The van der Waals surface area contributed by atoms with Crippen molar-refractivity contribution in [2.75, 3.05) is 13.2 Å². The van der Waals surface area contributed by atoms with E-state index >= 15 is 0 Å². The zero-order chi connectivity index (χ0) is 11.5. The van der Waals surface area contributed by atoms with E-state index in [-0.39, 0.29) is 24.6 Å². The molecule has 2 atom stereocenters. The summed E-state index contributed by atoms with van der Waals surface area (Å²) in [7, 11) is 0. The molecular weight excluding hydrogens is 204 g/mol. The smallest absolute Gasteiger partial charge is 0.239 e. The minimum Gasteiger partial charge on any atom is -0.394 e. The van der Waals surface area contributed by atoms with Gasteiger partial charge in [-0.05, 0) is 26.2 Å². The molecule has 0 spiro atoms. The molecule has 2 unspecified atom stereocenters. The molecule has 2 rings (SSSR count). The lowest BCUT2D eigenvalue weighted by molar-refractivity contribution is -0.128. The summed E-state index contributed by atoms with van der Waals surface area (Å²) < 4.78 is 0. The van der Waals surface area contributed by atoms with Crippen LogP contribution in [0.3, 0.4) is 0 Å². The van der Waals surface area contributed by atoms with E-state index in [0.29, 0.717) is 6.04 Å². The Morgan fingerprint density at radius 3 is 2.69 bits per heavy atom. The lowest BCUT2D eigenvalue weighted by Crippen LogP contribution is -2.50. The van der Waals surface area contributed by atoms with Gasteiger partial charge in [-0.1, -0.05) is 12.8 Å². The highest BCUT2D eigenvalue weighted by atomic mass is 16.3. The van der Waals surface area contributed by atoms with Gasteiger partial charge in [-0.25, -0.2) is 0 Å². The minimum atomic E-state index is -0.326. The Hall–Kier alpha value is -0.610. The van der Waals surface area contributed by atoms with Crippen LogP contribution in [-0.4, -0.2) is 47.2 Å². The van der Waals surface area contributed by atoms with E-state index in [0.717, 1.165) is 13.0 Å². The number of nitrogens with zero attached hydrogens (tertiary/aromatic N) is 1. The summed E-state index contributed by atoms with van der Waals surface area (Å²) >= 11 is 0. The maximum Gasteiger partial charge on any atom is 0.239 e. The number of nitrogens with one attached hydrogen (secondary N) is 1. The van der Waals surface area contributed by atoms with Crippen LogP contribution in [0.25, 0.3) is 0 Å². The number of aliphatic hydroxyl groups excluding tert-OH is 1. The molecule has 2 N–H and O–H groups in total. The third-order valence-electron chi connectivity index (χ3n) is 3.88. The lowest BCUT2D eigenvalue weighted by atomic mass is 10.1. The van der Waals surface area contributed by atoms with Gasteiger partial charge < -0.3 is 10.4 Å². The Morgan fingerprint density at radius 2 is 2.06 bits per heavy atom. The van der Waals surface area contributed by atoms with Gasteiger partial charge in [0.15, 0.2) is 0 Å². The first-order valence-corrected chi connectivity index (χ1v) is 6.39. The topological polar surface area (TPSA) is 52.6 Å². The summed E-state index contributed by atoms with van der Waals surface area (Å²) in [6.45, 7) is 2.90. The van der Waals surface area contributed by atoms with Crippen LogP contribution >= 0.6 is 0 Å². The standard InChI is InChI=1S/C12H22N2O2/c1-9-6-7-14(10-4-2-3-5-10)11(8-15)12(16)13-9/h9-11,15H,2-8H2,1H3,(H,13,16). The first-order chi connectivity index (χ1) is 7.72. The first kappa shape index (κ1) is 11.9. The predicted molar refractivity (Wildman–Crippen MR) is 62.1 cm³/mol. The van der Waals surface area contributed by atoms with Gasteiger partial charge in [0.25, 0.3) is 0 Å². The molecule has 0 aromatic carbocycles. The van der Waals surface area contributed by atoms with Crippen molar-refractivity contribution >= 4 is 5.91 Å². The van der Waals surface area contributed by atoms with Crippen LogP contribution in [0.4, 0.5) is 0 Å². The average molecular weight is 226 g/mol. The molecule has 1 aliphatic carbocycles. The molecule has 1 saturated carbocycles. The molecule has 2 fully saturated rings. The third-order valence-corrected chi connectivity index (χ3v) is 3.88. The molecule has 0 bridgehead atoms. The van der Waals surface area contributed by atoms with Gasteiger partial charge >= 0.3 is 0 Å². The molecule has 1 heterocycles. The summed E-state index contributed by atoms with van der Waals surface area (Å²) in [5.74, 6) is -0.000556. The molecular formula is C12H22N2O2. The van der Waals surface area contributed by atoms with Crippen molar-refractivity contribution in [3.8, 4) is 0 Å². The number of hydrogen-bond acceptors (Lipinski definition) is 3. The second-order valence-electron chi connectivity index (χ2n) is 5.07. The van der Waals surface area contributed by atoms with E-state index in [9.17, 15) is 9.90 Å². The second kappa shape index (κ2) is 5.15. The van der Waals surface area contributed by atoms with Crippen molar-refractivity contribution < 1.29 is 9.90 Å². The number of aliphatic hydroxyl groups is 1. The molecule has 92 valence electrons. The zero-order valence-corrected chi connectivity index (χ0v) is 9.98. The summed E-state index contributed by atoms with van der Waals surface area (Å²) in [6.07, 6.45) is 5.86. The molecule has 0 aromatic rings. The van der Waals surface area contributed by atoms with Gasteiger partial charge in [-0.2, -0.15) is 0 Å². The van der Waals surface area contributed by atoms with Gasteiger partial charge in [-0.15, -0.1) is 0 Å². The fraction of sp³-hybridized carbons (Fsp3) is 0.917. The van der Waals surface area contributed by atoms with Gasteiger partial charge in [0.2, 0.25) is 5.91 Å². The van der Waals surface area contributed by atoms with E-state index in [1.807, 2.05) is 6.92 Å². The van der Waals surface area contributed by atoms with E-state index in [1.54, 1.807) is 0 Å². The maximum atomic E-state index is 11.9. The molecule has 4 heteroatoms. The van der Waals surface area contributed by atoms with Gasteiger partial charge in [-0.3, -0.25) is 9.69 Å². The van der Waals surface area contributed by atoms with Crippen molar-refractivity contribution in [1.82, 2.24) is 10.2 Å². The number of carbonyl (C=O) groups excluding carboxylic acids is 1. The Labute approximate surface area is 97.0 Å². The number of hydrogen-bond donors (Lipinski definition) is 2. The molecule has 0 radical (unpaired) electrons. The van der Waals surface area contributed by atoms with Crippen molar-refractivity contribution in [2.24, 2.45) is 0 Å². The molecule has 0 aromatic heterocycles. The Bertz CT molecular complexity index is 251. The van der Waals surface area contributed by atoms with Crippen molar-refractivity contribution in [3.05, 3.63) is 0 Å². The fourth-order valence-electron chi connectivity index (χ4n) is 2.92. The molecule has 1 saturated heterocycles. The highest BCUT2D eigenvalue weighted by Gasteiger charge is 2.35. The Kier molecular flexibility index (Phi) is 3.82. The van der Waals surface area contributed by atoms with Crippen LogP contribution < -0.4 is 5.32 Å². The number of carbonyl (C=O) groups is 1. The highest BCUT2D eigenvalue weighted by molar-refractivity contribution is 5.82. The number of amides is 1. The summed E-state index contributed by atoms with van der Waals surface area (Å²) in [5, 5.41) is 12.4. The molecule has 4 nitrogen and oxygen atoms in total. The third kappa shape index (κ3) is 2.38. The zero-order valence-electron chi connectivity index (χ0n) is 9.98. The molecule has 1 aliphatic heterocycles. The van der Waals surface area contributed by atoms with Crippen LogP contribution in [0.1, 0.15) is 39.0 Å². The maximum absolute atomic E-state index is 11.9. The SMILES string of the molecule is CC1CCN(C2CCCC2)C(CO)C(=O)N1. The predicted octanol–water partition coefficient (Wildman–Crippen LogP) is 0.500. The summed E-state index contributed by atoms with van der Waals surface area (Å²) in [5.41, 5.74) is 0. The second-order valence-corrected chi connectivity index (χ2v) is 5.07. The van der Waals surface area contributed by atoms with Gasteiger partial charge in [0.1, 0.15) is 6.04 Å². The van der Waals surface area contributed by atoms with Crippen LogP contribution in [0.15, 0.2) is 0 Å². The molecule has 16 heavy (non-hydrogen) atoms. The molecule has 1 amide bonds. The van der Waals surface area contributed by atoms with Crippen molar-refractivity contribution in [3.63, 3.8) is 0 Å². The Morgan fingerprint density at radius 1 is 1.38 bits per heavy atom. The van der Waals surface area contributed by atoms with Gasteiger partial charge in [0.05, 0.1) is 6.61 Å². The van der Waals surface area contributed by atoms with Crippen LogP contribution in [-0.2, 0) is 4.79 Å². The van der Waals surface area contributed by atoms with Crippen LogP contribution in [0.2, 0.25) is 0 Å². The quantitative estimate of drug-likeness (QED) is 0.721. The largest absolute Gasteiger partial charge is 0.394 e. The average Bonchev–Trinajstić information content (AvgIpc) is 2.72. The van der Waals surface area contributed by atoms with Crippen molar-refractivity contribution in [2.45, 2.75) is 57.2 Å². The van der Waals surface area contributed by atoms with Crippen molar-refractivity contribution in [1.29, 1.82) is 0 Å². The van der Waals surface area contributed by atoms with Gasteiger partial charge in [0, 0.05) is 18.6 Å². The normalized spacial score (nSPS) is 33.8. The van der Waals surface area contributed by atoms with E-state index < -0.39 is 0 Å². The van der Waals surface area contributed by atoms with E-state index in [4.69, 9.17) is 0 Å². The lowest BCUT2D eigenvalue weighted by Gasteiger charge is -2.32. The monoisotopic (exact) mass is 226 g/mol. The molecule has 2 aliphatic rings. The highest BCUT2D eigenvalue weighted by Crippen LogP contribution is 2.26. The van der Waals surface area contributed by atoms with E-state index in [2.05, 4.69) is 10.2 Å². The van der Waals surface area contributed by atoms with E-state index in [1.165, 1.54) is 25.7 Å². The van der Waals surface area contributed by atoms with Crippen LogP contribution in [0.5, 0.6) is 0 Å². The number of rotatable bonds is 2. The Balaban J connectivity index is 2.09. The first-order valence-electron chi connectivity index (χ1n) is 6.39.